The average Bonchev–Trinajstić information content (AvgIpc) is 2.97. The molecule has 0 saturated carbocycles. The highest BCUT2D eigenvalue weighted by molar-refractivity contribution is 6.05. The lowest BCUT2D eigenvalue weighted by Crippen LogP contribution is -2.45. The number of ether oxygens (including phenoxy) is 3. The summed E-state index contributed by atoms with van der Waals surface area (Å²) in [6.07, 6.45) is 1.97. The van der Waals surface area contributed by atoms with E-state index in [2.05, 4.69) is 17.4 Å². The second-order valence-corrected chi connectivity index (χ2v) is 9.67. The lowest BCUT2D eigenvalue weighted by atomic mass is 10.1. The van der Waals surface area contributed by atoms with E-state index in [9.17, 15) is 19.5 Å². The number of hydrogen-bond donors (Lipinski definition) is 3. The van der Waals surface area contributed by atoms with Crippen LogP contribution >= 0.6 is 0 Å². The predicted octanol–water partition coefficient (Wildman–Crippen LogP) is 4.87. The summed E-state index contributed by atoms with van der Waals surface area (Å²) in [6, 6.07) is 20.0. The van der Waals surface area contributed by atoms with Crippen LogP contribution < -0.4 is 24.4 Å². The van der Waals surface area contributed by atoms with Crippen molar-refractivity contribution in [2.75, 3.05) is 37.0 Å². The molecule has 0 spiro atoms. The predicted molar refractivity (Wildman–Crippen MR) is 153 cm³/mol. The molecule has 1 amide bonds. The Morgan fingerprint density at radius 2 is 1.68 bits per heavy atom. The van der Waals surface area contributed by atoms with Crippen molar-refractivity contribution >= 4 is 29.2 Å². The van der Waals surface area contributed by atoms with Crippen LogP contribution in [0.5, 0.6) is 17.2 Å². The third kappa shape index (κ3) is 8.14. The zero-order chi connectivity index (χ0) is 29.2. The molecule has 0 aromatic heterocycles. The largest absolute Gasteiger partial charge is 0.497 e. The molecule has 0 saturated heterocycles. The molecule has 1 aliphatic heterocycles. The van der Waals surface area contributed by atoms with E-state index >= 15 is 0 Å². The summed E-state index contributed by atoms with van der Waals surface area (Å²) >= 11 is 0. The smallest absolute Gasteiger partial charge is 0.346 e. The van der Waals surface area contributed by atoms with Gasteiger partial charge in [0.25, 0.3) is 5.91 Å². The van der Waals surface area contributed by atoms with Crippen LogP contribution in [-0.4, -0.2) is 61.0 Å². The van der Waals surface area contributed by atoms with Gasteiger partial charge in [0.05, 0.1) is 31.6 Å². The van der Waals surface area contributed by atoms with Crippen LogP contribution in [-0.2, 0) is 16.0 Å². The normalized spacial score (nSPS) is 14.0. The number of anilines is 2. The van der Waals surface area contributed by atoms with Crippen LogP contribution in [0.15, 0.2) is 66.7 Å². The van der Waals surface area contributed by atoms with E-state index in [1.807, 2.05) is 12.1 Å². The molecule has 1 aliphatic rings. The number of aryl methyl sites for hydroxylation is 1. The Kier molecular flexibility index (Phi) is 10.0. The van der Waals surface area contributed by atoms with Gasteiger partial charge in [-0.05, 0) is 79.8 Å². The van der Waals surface area contributed by atoms with Gasteiger partial charge in [-0.1, -0.05) is 18.2 Å². The van der Waals surface area contributed by atoms with Gasteiger partial charge in [-0.3, -0.25) is 9.59 Å². The van der Waals surface area contributed by atoms with Crippen LogP contribution in [0.3, 0.4) is 0 Å². The number of unbranched alkanes of at least 4 members (excludes halogenated alkanes) is 1. The Balaban J connectivity index is 1.32. The molecule has 10 nitrogen and oxygen atoms in total. The zero-order valence-corrected chi connectivity index (χ0v) is 22.9. The Bertz CT molecular complexity index is 1340. The number of carbonyl (C=O) groups excluding carboxylic acids is 1. The van der Waals surface area contributed by atoms with Crippen molar-refractivity contribution in [1.29, 1.82) is 0 Å². The number of nitrogens with zero attached hydrogens (tertiary/aromatic N) is 1. The molecular weight excluding hydrogens is 528 g/mol. The third-order valence-electron chi connectivity index (χ3n) is 6.73. The van der Waals surface area contributed by atoms with Gasteiger partial charge in [-0.25, -0.2) is 4.79 Å². The fourth-order valence-electron chi connectivity index (χ4n) is 4.55. The molecule has 3 N–H and O–H groups in total. The highest BCUT2D eigenvalue weighted by Crippen LogP contribution is 2.40. The Morgan fingerprint density at radius 3 is 2.37 bits per heavy atom. The van der Waals surface area contributed by atoms with Gasteiger partial charge < -0.3 is 34.6 Å². The molecule has 216 valence electrons. The molecule has 10 heteroatoms. The van der Waals surface area contributed by atoms with Crippen LogP contribution in [0.4, 0.5) is 11.4 Å². The highest BCUT2D eigenvalue weighted by Gasteiger charge is 2.32. The number of carbonyl (C=O) groups is 3. The number of methoxy groups -OCH3 is 1. The summed E-state index contributed by atoms with van der Waals surface area (Å²) in [6.45, 7) is 0.970. The van der Waals surface area contributed by atoms with Gasteiger partial charge in [-0.2, -0.15) is 0 Å². The van der Waals surface area contributed by atoms with Gasteiger partial charge in [0.2, 0.25) is 6.10 Å². The topological polar surface area (TPSA) is 135 Å². The summed E-state index contributed by atoms with van der Waals surface area (Å²) in [5.41, 5.74) is 2.58. The Labute approximate surface area is 238 Å². The molecule has 1 heterocycles. The van der Waals surface area contributed by atoms with Crippen LogP contribution in [0.1, 0.15) is 41.6 Å². The van der Waals surface area contributed by atoms with Crippen molar-refractivity contribution in [3.63, 3.8) is 0 Å². The highest BCUT2D eigenvalue weighted by atomic mass is 16.5. The molecule has 4 rings (SSSR count). The zero-order valence-electron chi connectivity index (χ0n) is 22.9. The van der Waals surface area contributed by atoms with Gasteiger partial charge in [0.1, 0.15) is 11.5 Å². The fourth-order valence-corrected chi connectivity index (χ4v) is 4.55. The summed E-state index contributed by atoms with van der Waals surface area (Å²) in [5, 5.41) is 21.4. The number of carboxylic acid groups (broad SMARTS) is 2. The van der Waals surface area contributed by atoms with E-state index in [0.29, 0.717) is 42.3 Å². The quantitative estimate of drug-likeness (QED) is 0.235. The fraction of sp³-hybridized carbons (Fsp3) is 0.323. The molecule has 3 aromatic rings. The first-order valence-electron chi connectivity index (χ1n) is 13.5. The molecule has 0 fully saturated rings. The molecule has 3 aromatic carbocycles. The number of benzene rings is 3. The maximum atomic E-state index is 13.0. The number of rotatable bonds is 14. The molecular formula is C31H34N2O8. The summed E-state index contributed by atoms with van der Waals surface area (Å²) in [4.78, 5) is 37.5. The minimum Gasteiger partial charge on any atom is -0.497 e. The Hall–Kier alpha value is -4.73. The minimum atomic E-state index is -1.15. The number of para-hydroxylation sites is 1. The summed E-state index contributed by atoms with van der Waals surface area (Å²) in [5.74, 6) is -0.707. The van der Waals surface area contributed by atoms with Crippen molar-refractivity contribution < 1.29 is 38.8 Å². The number of fused-ring (bicyclic) bond motifs is 1. The average molecular weight is 563 g/mol. The Morgan fingerprint density at radius 1 is 0.951 bits per heavy atom. The SMILES string of the molecule is COc1ccc(CCCCOc2ccc(C(=O)Nc3cccc4c3OC(C(=O)O)CN4CCCC(=O)O)cc2)cc1. The number of carboxylic acids is 2. The van der Waals surface area contributed by atoms with Crippen molar-refractivity contribution in [1.82, 2.24) is 0 Å². The molecule has 1 unspecified atom stereocenters. The van der Waals surface area contributed by atoms with Crippen molar-refractivity contribution in [2.24, 2.45) is 0 Å². The number of nitrogens with one attached hydrogen (secondary N) is 1. The van der Waals surface area contributed by atoms with Crippen molar-refractivity contribution in [3.05, 3.63) is 77.9 Å². The number of amides is 1. The first-order valence-corrected chi connectivity index (χ1v) is 13.5. The monoisotopic (exact) mass is 562 g/mol. The van der Waals surface area contributed by atoms with E-state index in [1.54, 1.807) is 54.5 Å². The van der Waals surface area contributed by atoms with Crippen LogP contribution in [0, 0.1) is 0 Å². The van der Waals surface area contributed by atoms with Crippen molar-refractivity contribution in [3.8, 4) is 17.2 Å². The minimum absolute atomic E-state index is 0.0374. The van der Waals surface area contributed by atoms with Gasteiger partial charge in [0, 0.05) is 18.5 Å². The van der Waals surface area contributed by atoms with E-state index in [1.165, 1.54) is 5.56 Å². The lowest BCUT2D eigenvalue weighted by molar-refractivity contribution is -0.145. The standard InChI is InChI=1S/C31H34N2O8/c1-39-23-14-10-21(11-15-23)6-2-3-19-40-24-16-12-22(13-17-24)30(36)32-25-7-4-8-26-29(25)41-27(31(37)38)20-33(26)18-5-9-28(34)35/h4,7-8,10-17,27H,2-3,5-6,9,18-20H2,1H3,(H,32,36)(H,34,35)(H,37,38). The van der Waals surface area contributed by atoms with Gasteiger partial charge in [0.15, 0.2) is 5.75 Å². The van der Waals surface area contributed by atoms with E-state index in [-0.39, 0.29) is 24.6 Å². The first-order chi connectivity index (χ1) is 19.8. The summed E-state index contributed by atoms with van der Waals surface area (Å²) in [7, 11) is 1.65. The van der Waals surface area contributed by atoms with Crippen molar-refractivity contribution in [2.45, 2.75) is 38.2 Å². The maximum absolute atomic E-state index is 13.0. The lowest BCUT2D eigenvalue weighted by Gasteiger charge is -2.35. The second kappa shape index (κ2) is 14.1. The summed E-state index contributed by atoms with van der Waals surface area (Å²) < 4.78 is 16.8. The molecule has 0 bridgehead atoms. The van der Waals surface area contributed by atoms with E-state index in [0.717, 1.165) is 25.0 Å². The number of aliphatic carboxylic acids is 2. The van der Waals surface area contributed by atoms with Crippen LogP contribution in [0.25, 0.3) is 0 Å². The van der Waals surface area contributed by atoms with Gasteiger partial charge >= 0.3 is 11.9 Å². The maximum Gasteiger partial charge on any atom is 0.346 e. The molecule has 0 radical (unpaired) electrons. The molecule has 1 atom stereocenters. The first kappa shape index (κ1) is 29.3. The molecule has 41 heavy (non-hydrogen) atoms. The van der Waals surface area contributed by atoms with E-state index < -0.39 is 18.0 Å². The third-order valence-corrected chi connectivity index (χ3v) is 6.73. The molecule has 0 aliphatic carbocycles. The number of hydrogen-bond acceptors (Lipinski definition) is 7. The van der Waals surface area contributed by atoms with Gasteiger partial charge in [-0.15, -0.1) is 0 Å². The van der Waals surface area contributed by atoms with Crippen LogP contribution in [0.2, 0.25) is 0 Å². The van der Waals surface area contributed by atoms with E-state index in [4.69, 9.17) is 19.3 Å². The second-order valence-electron chi connectivity index (χ2n) is 9.67.